The van der Waals surface area contributed by atoms with Crippen LogP contribution in [0, 0.1) is 11.8 Å². The first-order valence-corrected chi connectivity index (χ1v) is 5.17. The Morgan fingerprint density at radius 3 is 2.83 bits per heavy atom. The normalized spacial score (nSPS) is 48.6. The molecule has 0 aromatic rings. The summed E-state index contributed by atoms with van der Waals surface area (Å²) in [5.41, 5.74) is 2.06. The second-order valence-corrected chi connectivity index (χ2v) is 4.56. The second-order valence-electron chi connectivity index (χ2n) is 4.56. The van der Waals surface area contributed by atoms with E-state index in [-0.39, 0.29) is 5.60 Å². The highest BCUT2D eigenvalue weighted by atomic mass is 16.5. The second kappa shape index (κ2) is 2.14. The molecule has 3 saturated carbocycles. The largest absolute Gasteiger partial charge is 0.375 e. The van der Waals surface area contributed by atoms with Gasteiger partial charge in [0.15, 0.2) is 0 Å². The lowest BCUT2D eigenvalue weighted by atomic mass is 9.52. The highest BCUT2D eigenvalue weighted by Crippen LogP contribution is 2.59. The molecule has 1 heteroatoms. The average molecular weight is 164 g/mol. The highest BCUT2D eigenvalue weighted by molar-refractivity contribution is 5.31. The predicted molar refractivity (Wildman–Crippen MR) is 47.9 cm³/mol. The third kappa shape index (κ3) is 0.731. The molecule has 12 heavy (non-hydrogen) atoms. The van der Waals surface area contributed by atoms with Gasteiger partial charge in [-0.25, -0.2) is 0 Å². The number of hydrogen-bond acceptors (Lipinski definition) is 1. The molecule has 0 N–H and O–H groups in total. The molecule has 2 atom stereocenters. The van der Waals surface area contributed by atoms with Crippen LogP contribution in [0.5, 0.6) is 0 Å². The first kappa shape index (κ1) is 7.14. The molecule has 1 nitrogen and oxygen atoms in total. The Morgan fingerprint density at radius 2 is 2.25 bits per heavy atom. The van der Waals surface area contributed by atoms with E-state index < -0.39 is 0 Å². The Bertz CT molecular complexity index is 227. The van der Waals surface area contributed by atoms with Crippen LogP contribution in [0.15, 0.2) is 11.6 Å². The topological polar surface area (TPSA) is 9.23 Å². The zero-order valence-corrected chi connectivity index (χ0v) is 7.68. The van der Waals surface area contributed by atoms with Crippen molar-refractivity contribution in [3.63, 3.8) is 0 Å². The van der Waals surface area contributed by atoms with Crippen LogP contribution in [-0.2, 0) is 4.74 Å². The monoisotopic (exact) mass is 164 g/mol. The van der Waals surface area contributed by atoms with Crippen LogP contribution >= 0.6 is 0 Å². The number of rotatable bonds is 2. The summed E-state index contributed by atoms with van der Waals surface area (Å²) >= 11 is 0. The summed E-state index contributed by atoms with van der Waals surface area (Å²) in [5, 5.41) is 0. The molecular weight excluding hydrogens is 148 g/mol. The minimum atomic E-state index is 0.282. The smallest absolute Gasteiger partial charge is 0.0728 e. The quantitative estimate of drug-likeness (QED) is 0.570. The fourth-order valence-electron chi connectivity index (χ4n) is 3.46. The SMILES string of the molecule is CCOC12CC=C3C(CC3C1)C2. The van der Waals surface area contributed by atoms with Crippen LogP contribution in [0.3, 0.4) is 0 Å². The maximum Gasteiger partial charge on any atom is 0.0728 e. The zero-order chi connectivity index (χ0) is 8.18. The average Bonchev–Trinajstić information content (AvgIpc) is 2.04. The first-order chi connectivity index (χ1) is 5.83. The number of allylic oxidation sites excluding steroid dienone is 1. The van der Waals surface area contributed by atoms with E-state index >= 15 is 0 Å². The maximum absolute atomic E-state index is 5.91. The first-order valence-electron chi connectivity index (χ1n) is 5.17. The van der Waals surface area contributed by atoms with Gasteiger partial charge < -0.3 is 4.74 Å². The molecule has 5 aliphatic carbocycles. The Hall–Kier alpha value is -0.300. The zero-order valence-electron chi connectivity index (χ0n) is 7.68. The Morgan fingerprint density at radius 1 is 1.50 bits per heavy atom. The van der Waals surface area contributed by atoms with Gasteiger partial charge in [0.1, 0.15) is 0 Å². The van der Waals surface area contributed by atoms with Gasteiger partial charge in [-0.15, -0.1) is 0 Å². The summed E-state index contributed by atoms with van der Waals surface area (Å²) in [7, 11) is 0. The Labute approximate surface area is 73.8 Å². The summed E-state index contributed by atoms with van der Waals surface area (Å²) in [4.78, 5) is 0. The van der Waals surface area contributed by atoms with Crippen LogP contribution in [-0.4, -0.2) is 12.2 Å². The van der Waals surface area contributed by atoms with Crippen molar-refractivity contribution in [3.05, 3.63) is 11.6 Å². The predicted octanol–water partition coefficient (Wildman–Crippen LogP) is 2.52. The van der Waals surface area contributed by atoms with Crippen LogP contribution in [0.2, 0.25) is 0 Å². The number of hydrogen-bond donors (Lipinski definition) is 0. The highest BCUT2D eigenvalue weighted by Gasteiger charge is 2.53. The molecule has 5 aliphatic rings. The van der Waals surface area contributed by atoms with Crippen molar-refractivity contribution in [1.82, 2.24) is 0 Å². The van der Waals surface area contributed by atoms with Crippen molar-refractivity contribution in [1.29, 1.82) is 0 Å². The Balaban J connectivity index is 1.88. The molecule has 2 unspecified atom stereocenters. The summed E-state index contributed by atoms with van der Waals surface area (Å²) in [5.74, 6) is 1.84. The molecule has 0 aliphatic heterocycles. The third-order valence-corrected chi connectivity index (χ3v) is 3.91. The van der Waals surface area contributed by atoms with Gasteiger partial charge in [-0.2, -0.15) is 0 Å². The lowest BCUT2D eigenvalue weighted by Crippen LogP contribution is -2.52. The lowest BCUT2D eigenvalue weighted by Gasteiger charge is -2.57. The van der Waals surface area contributed by atoms with Crippen LogP contribution in [0.25, 0.3) is 0 Å². The molecule has 0 spiro atoms. The van der Waals surface area contributed by atoms with Gasteiger partial charge in [0.2, 0.25) is 0 Å². The third-order valence-electron chi connectivity index (χ3n) is 3.91. The summed E-state index contributed by atoms with van der Waals surface area (Å²) in [6.45, 7) is 3.01. The van der Waals surface area contributed by atoms with E-state index in [9.17, 15) is 0 Å². The maximum atomic E-state index is 5.91. The van der Waals surface area contributed by atoms with E-state index in [1.807, 2.05) is 0 Å². The Kier molecular flexibility index (Phi) is 1.27. The molecule has 0 saturated heterocycles. The molecule has 0 amide bonds. The summed E-state index contributed by atoms with van der Waals surface area (Å²) in [6.07, 6.45) is 7.76. The van der Waals surface area contributed by atoms with Crippen LogP contribution < -0.4 is 0 Å². The van der Waals surface area contributed by atoms with Gasteiger partial charge in [0.05, 0.1) is 5.60 Å². The van der Waals surface area contributed by atoms with Gasteiger partial charge in [0, 0.05) is 6.61 Å². The van der Waals surface area contributed by atoms with Gasteiger partial charge in [-0.1, -0.05) is 11.6 Å². The van der Waals surface area contributed by atoms with Gasteiger partial charge >= 0.3 is 0 Å². The minimum Gasteiger partial charge on any atom is -0.375 e. The van der Waals surface area contributed by atoms with Crippen molar-refractivity contribution in [2.75, 3.05) is 6.61 Å². The standard InChI is InChI=1S/C11H16O/c1-2-12-11-4-3-10-8(6-11)5-9(10)7-11/h3,8-9H,2,4-7H2,1H3. The van der Waals surface area contributed by atoms with E-state index in [1.165, 1.54) is 25.7 Å². The van der Waals surface area contributed by atoms with Crippen molar-refractivity contribution < 1.29 is 4.74 Å². The molecule has 3 fully saturated rings. The molecule has 0 aromatic heterocycles. The van der Waals surface area contributed by atoms with Crippen molar-refractivity contribution >= 4 is 0 Å². The number of fused-ring (bicyclic) bond motifs is 1. The van der Waals surface area contributed by atoms with Crippen molar-refractivity contribution in [2.24, 2.45) is 11.8 Å². The molecular formula is C11H16O. The van der Waals surface area contributed by atoms with Gasteiger partial charge in [-0.3, -0.25) is 0 Å². The molecule has 0 radical (unpaired) electrons. The van der Waals surface area contributed by atoms with Crippen molar-refractivity contribution in [2.45, 2.75) is 38.2 Å². The van der Waals surface area contributed by atoms with Crippen LogP contribution in [0.4, 0.5) is 0 Å². The van der Waals surface area contributed by atoms with Gasteiger partial charge in [-0.05, 0) is 44.4 Å². The van der Waals surface area contributed by atoms with Crippen LogP contribution in [0.1, 0.15) is 32.6 Å². The number of ether oxygens (including phenoxy) is 1. The molecule has 0 heterocycles. The van der Waals surface area contributed by atoms with E-state index in [1.54, 1.807) is 5.57 Å². The molecule has 4 bridgehead atoms. The fraction of sp³-hybridized carbons (Fsp3) is 0.818. The van der Waals surface area contributed by atoms with E-state index in [2.05, 4.69) is 13.0 Å². The molecule has 66 valence electrons. The lowest BCUT2D eigenvalue weighted by molar-refractivity contribution is -0.113. The van der Waals surface area contributed by atoms with Gasteiger partial charge in [0.25, 0.3) is 0 Å². The molecule has 5 rings (SSSR count). The minimum absolute atomic E-state index is 0.282. The van der Waals surface area contributed by atoms with E-state index in [0.717, 1.165) is 18.4 Å². The summed E-state index contributed by atoms with van der Waals surface area (Å²) < 4.78 is 5.91. The van der Waals surface area contributed by atoms with E-state index in [0.29, 0.717) is 0 Å². The van der Waals surface area contributed by atoms with E-state index in [4.69, 9.17) is 4.74 Å². The molecule has 0 aromatic carbocycles. The fourth-order valence-corrected chi connectivity index (χ4v) is 3.46. The van der Waals surface area contributed by atoms with Crippen molar-refractivity contribution in [3.8, 4) is 0 Å². The summed E-state index contributed by atoms with van der Waals surface area (Å²) in [6, 6.07) is 0.